The van der Waals surface area contributed by atoms with Gasteiger partial charge in [-0.05, 0) is 49.7 Å². The van der Waals surface area contributed by atoms with Crippen molar-refractivity contribution in [3.05, 3.63) is 29.7 Å². The number of halogens is 4. The predicted octanol–water partition coefficient (Wildman–Crippen LogP) is 1.65. The van der Waals surface area contributed by atoms with Gasteiger partial charge < -0.3 is 41.1 Å². The molecule has 2 aliphatic rings. The first-order valence-electron chi connectivity index (χ1n) is 16.9. The smallest absolute Gasteiger partial charge is 0.475 e. The lowest BCUT2D eigenvalue weighted by Crippen LogP contribution is -2.57. The molecule has 2 saturated heterocycles. The Kier molecular flexibility index (Phi) is 14.5. The van der Waals surface area contributed by atoms with E-state index in [4.69, 9.17) is 20.2 Å². The number of aliphatic carboxylic acids is 1. The molecule has 5 amide bonds. The predicted molar refractivity (Wildman–Crippen MR) is 177 cm³/mol. The molecule has 2 fully saturated rings. The topological polar surface area (TPSA) is 217 Å². The Balaban J connectivity index is 0.000000944. The van der Waals surface area contributed by atoms with E-state index in [0.717, 1.165) is 11.1 Å². The van der Waals surface area contributed by atoms with Crippen LogP contribution in [0.5, 0.6) is 0 Å². The average Bonchev–Trinajstić information content (AvgIpc) is 3.75. The fourth-order valence-corrected chi connectivity index (χ4v) is 6.06. The number of nitrogens with one attached hydrogen (secondary N) is 3. The highest BCUT2D eigenvalue weighted by Gasteiger charge is 2.41. The van der Waals surface area contributed by atoms with E-state index in [1.165, 1.54) is 12.1 Å². The van der Waals surface area contributed by atoms with Crippen LogP contribution in [-0.4, -0.2) is 113 Å². The van der Waals surface area contributed by atoms with Gasteiger partial charge in [0.15, 0.2) is 5.58 Å². The fraction of sp³-hybridized carbons (Fsp3) is 0.606. The summed E-state index contributed by atoms with van der Waals surface area (Å²) in [6.45, 7) is 7.85. The van der Waals surface area contributed by atoms with E-state index < -0.39 is 53.8 Å². The number of amides is 5. The Hall–Kier alpha value is -4.81. The first-order chi connectivity index (χ1) is 24.3. The third kappa shape index (κ3) is 10.8. The molecule has 2 aliphatic heterocycles. The minimum absolute atomic E-state index is 0.0656. The number of piperidine rings is 1. The monoisotopic (exact) mass is 743 g/mol. The molecule has 3 atom stereocenters. The maximum Gasteiger partial charge on any atom is 0.490 e. The van der Waals surface area contributed by atoms with Gasteiger partial charge in [0.2, 0.25) is 29.5 Å². The molecule has 4 rings (SSSR count). The van der Waals surface area contributed by atoms with Gasteiger partial charge in [0.05, 0.1) is 18.8 Å². The van der Waals surface area contributed by atoms with Crippen LogP contribution in [0, 0.1) is 17.7 Å². The fourth-order valence-electron chi connectivity index (χ4n) is 6.06. The van der Waals surface area contributed by atoms with Crippen LogP contribution in [0.2, 0.25) is 0 Å². The van der Waals surface area contributed by atoms with Crippen molar-refractivity contribution in [2.45, 2.75) is 83.6 Å². The normalized spacial score (nSPS) is 17.7. The number of hydrogen-bond donors (Lipinski definition) is 5. The number of rotatable bonds is 11. The number of likely N-dealkylation sites (tertiary alicyclic amines) is 2. The molecular weight excluding hydrogens is 698 g/mol. The molecule has 15 nitrogen and oxygen atoms in total. The largest absolute Gasteiger partial charge is 0.490 e. The quantitative estimate of drug-likeness (QED) is 0.210. The van der Waals surface area contributed by atoms with Crippen LogP contribution in [-0.2, 0) is 28.8 Å². The standard InChI is InChI=1S/C31H44FN7O6.C2HF3O2/c1-17(2)26(35-24(40)15-33)29(42)34-16-25(41)36-27(18(3)4)31(44)39-11-5-6-22(39)30(43)38-12-9-19(10-13-38)28-21-8-7-20(32)14-23(21)45-37-28;3-2(4,5)1(6)7/h7-8,14,17-19,22,26-27H,5-6,9-13,15-16,33H2,1-4H3,(H,34,42)(H,35,40)(H,36,41);(H,6,7)/t22-,26-,27-;/m0./s1. The molecule has 52 heavy (non-hydrogen) atoms. The molecule has 6 N–H and O–H groups in total. The number of nitrogens with zero attached hydrogens (tertiary/aromatic N) is 3. The van der Waals surface area contributed by atoms with E-state index in [2.05, 4.69) is 21.1 Å². The molecule has 288 valence electrons. The Morgan fingerprint density at radius 3 is 2.12 bits per heavy atom. The van der Waals surface area contributed by atoms with Crippen molar-refractivity contribution in [3.8, 4) is 0 Å². The first-order valence-corrected chi connectivity index (χ1v) is 16.9. The number of carboxylic acids is 1. The van der Waals surface area contributed by atoms with Gasteiger partial charge in [0.25, 0.3) is 0 Å². The van der Waals surface area contributed by atoms with Crippen molar-refractivity contribution in [1.82, 2.24) is 30.9 Å². The third-order valence-electron chi connectivity index (χ3n) is 8.84. The Morgan fingerprint density at radius 2 is 1.56 bits per heavy atom. The van der Waals surface area contributed by atoms with E-state index in [1.807, 2.05) is 0 Å². The van der Waals surface area contributed by atoms with Gasteiger partial charge in [-0.1, -0.05) is 32.9 Å². The molecule has 0 bridgehead atoms. The number of benzene rings is 1. The molecule has 19 heteroatoms. The van der Waals surface area contributed by atoms with E-state index in [0.29, 0.717) is 50.9 Å². The van der Waals surface area contributed by atoms with Crippen molar-refractivity contribution in [3.63, 3.8) is 0 Å². The summed E-state index contributed by atoms with van der Waals surface area (Å²) in [5, 5.41) is 19.9. The Bertz CT molecular complexity index is 1610. The SMILES string of the molecule is CC(C)[C@H](NC(=O)CN)C(=O)NCC(=O)N[C@H](C(=O)N1CCC[C@H]1C(=O)N1CCC(c2noc3cc(F)ccc23)CC1)C(C)C.O=C(O)C(F)(F)F. The minimum atomic E-state index is -5.08. The van der Waals surface area contributed by atoms with Crippen molar-refractivity contribution in [1.29, 1.82) is 0 Å². The van der Waals surface area contributed by atoms with Gasteiger partial charge >= 0.3 is 12.1 Å². The van der Waals surface area contributed by atoms with Crippen LogP contribution in [0.25, 0.3) is 11.0 Å². The summed E-state index contributed by atoms with van der Waals surface area (Å²) in [6.07, 6.45) is -2.56. The Morgan fingerprint density at radius 1 is 0.962 bits per heavy atom. The highest BCUT2D eigenvalue weighted by molar-refractivity contribution is 5.95. The highest BCUT2D eigenvalue weighted by atomic mass is 19.4. The summed E-state index contributed by atoms with van der Waals surface area (Å²) in [5.74, 6) is -5.64. The average molecular weight is 744 g/mol. The zero-order chi connectivity index (χ0) is 38.9. The number of carbonyl (C=O) groups excluding carboxylic acids is 5. The van der Waals surface area contributed by atoms with Crippen LogP contribution in [0.15, 0.2) is 22.7 Å². The van der Waals surface area contributed by atoms with Crippen molar-refractivity contribution in [2.24, 2.45) is 17.6 Å². The highest BCUT2D eigenvalue weighted by Crippen LogP contribution is 2.34. The number of carboxylic acid groups (broad SMARTS) is 1. The number of carbonyl (C=O) groups is 6. The van der Waals surface area contributed by atoms with Crippen molar-refractivity contribution in [2.75, 3.05) is 32.7 Å². The molecule has 0 saturated carbocycles. The number of aromatic nitrogens is 1. The maximum absolute atomic E-state index is 13.7. The molecule has 1 aromatic heterocycles. The third-order valence-corrected chi connectivity index (χ3v) is 8.84. The van der Waals surface area contributed by atoms with Gasteiger partial charge in [-0.2, -0.15) is 13.2 Å². The van der Waals surface area contributed by atoms with Gasteiger partial charge in [0.1, 0.15) is 23.9 Å². The van der Waals surface area contributed by atoms with Gasteiger partial charge in [0, 0.05) is 37.0 Å². The number of nitrogens with two attached hydrogens (primary N) is 1. The zero-order valence-corrected chi connectivity index (χ0v) is 29.3. The molecule has 0 spiro atoms. The molecule has 0 radical (unpaired) electrons. The lowest BCUT2D eigenvalue weighted by Gasteiger charge is -2.36. The Labute approximate surface area is 296 Å². The second-order valence-electron chi connectivity index (χ2n) is 13.3. The molecule has 0 unspecified atom stereocenters. The first kappa shape index (κ1) is 41.6. The molecule has 1 aromatic carbocycles. The van der Waals surface area contributed by atoms with E-state index in [1.54, 1.807) is 43.6 Å². The minimum Gasteiger partial charge on any atom is -0.475 e. The van der Waals surface area contributed by atoms with Crippen molar-refractivity contribution < 1.29 is 56.0 Å². The molecular formula is C33H45F4N7O8. The summed E-state index contributed by atoms with van der Waals surface area (Å²) in [5.41, 5.74) is 6.50. The summed E-state index contributed by atoms with van der Waals surface area (Å²) in [7, 11) is 0. The van der Waals surface area contributed by atoms with Gasteiger partial charge in [-0.15, -0.1) is 0 Å². The van der Waals surface area contributed by atoms with E-state index >= 15 is 0 Å². The van der Waals surface area contributed by atoms with Crippen LogP contribution < -0.4 is 21.7 Å². The van der Waals surface area contributed by atoms with Gasteiger partial charge in [-0.25, -0.2) is 9.18 Å². The molecule has 2 aromatic rings. The van der Waals surface area contributed by atoms with E-state index in [-0.39, 0.29) is 42.7 Å². The second kappa shape index (κ2) is 18.1. The van der Waals surface area contributed by atoms with Crippen LogP contribution >= 0.6 is 0 Å². The lowest BCUT2D eigenvalue weighted by molar-refractivity contribution is -0.192. The van der Waals surface area contributed by atoms with E-state index in [9.17, 15) is 41.5 Å². The number of alkyl halides is 3. The second-order valence-corrected chi connectivity index (χ2v) is 13.3. The van der Waals surface area contributed by atoms with Crippen molar-refractivity contribution >= 4 is 46.5 Å². The number of fused-ring (bicyclic) bond motifs is 1. The summed E-state index contributed by atoms with van der Waals surface area (Å²) in [6, 6.07) is 1.98. The van der Waals surface area contributed by atoms with Crippen LogP contribution in [0.4, 0.5) is 17.6 Å². The van der Waals surface area contributed by atoms with Crippen LogP contribution in [0.3, 0.4) is 0 Å². The molecule has 3 heterocycles. The molecule has 0 aliphatic carbocycles. The lowest BCUT2D eigenvalue weighted by atomic mass is 9.91. The maximum atomic E-state index is 13.7. The summed E-state index contributed by atoms with van der Waals surface area (Å²) in [4.78, 5) is 76.8. The number of hydrogen-bond acceptors (Lipinski definition) is 9. The zero-order valence-electron chi connectivity index (χ0n) is 29.3. The van der Waals surface area contributed by atoms with Crippen LogP contribution in [0.1, 0.15) is 65.0 Å². The summed E-state index contributed by atoms with van der Waals surface area (Å²) >= 11 is 0. The van der Waals surface area contributed by atoms with Gasteiger partial charge in [-0.3, -0.25) is 24.0 Å². The summed E-state index contributed by atoms with van der Waals surface area (Å²) < 4.78 is 50.6.